The Bertz CT molecular complexity index is 705. The molecule has 1 atom stereocenters. The Labute approximate surface area is 141 Å². The van der Waals surface area contributed by atoms with E-state index in [9.17, 15) is 9.90 Å². The predicted octanol–water partition coefficient (Wildman–Crippen LogP) is 2.79. The minimum absolute atomic E-state index is 0.329. The topological polar surface area (TPSA) is 79.2 Å². The summed E-state index contributed by atoms with van der Waals surface area (Å²) in [4.78, 5) is 26.9. The van der Waals surface area contributed by atoms with Gasteiger partial charge >= 0.3 is 5.97 Å². The summed E-state index contributed by atoms with van der Waals surface area (Å²) in [7, 11) is 0. The van der Waals surface area contributed by atoms with Crippen molar-refractivity contribution in [3.8, 4) is 11.4 Å². The van der Waals surface area contributed by atoms with Crippen molar-refractivity contribution < 1.29 is 9.90 Å². The highest BCUT2D eigenvalue weighted by atomic mass is 16.4. The summed E-state index contributed by atoms with van der Waals surface area (Å²) in [5, 5.41) is 9.31. The molecule has 1 aliphatic rings. The van der Waals surface area contributed by atoms with Crippen LogP contribution in [0.5, 0.6) is 0 Å². The lowest BCUT2D eigenvalue weighted by molar-refractivity contribution is -0.141. The minimum Gasteiger partial charge on any atom is -0.481 e. The van der Waals surface area contributed by atoms with Gasteiger partial charge in [-0.2, -0.15) is 0 Å². The first kappa shape index (κ1) is 16.4. The molecular weight excluding hydrogens is 304 g/mol. The smallest absolute Gasteiger partial charge is 0.308 e. The first-order valence-corrected chi connectivity index (χ1v) is 8.43. The highest BCUT2D eigenvalue weighted by molar-refractivity contribution is 5.71. The third-order valence-corrected chi connectivity index (χ3v) is 4.29. The number of carbonyl (C=O) groups is 1. The summed E-state index contributed by atoms with van der Waals surface area (Å²) in [6.45, 7) is 3.45. The normalized spacial score (nSPS) is 17.7. The Kier molecular flexibility index (Phi) is 5.03. The molecule has 6 nitrogen and oxygen atoms in total. The van der Waals surface area contributed by atoms with Crippen LogP contribution in [-0.4, -0.2) is 39.1 Å². The molecule has 3 heterocycles. The lowest BCUT2D eigenvalue weighted by Crippen LogP contribution is -2.39. The molecule has 0 saturated carbocycles. The van der Waals surface area contributed by atoms with E-state index >= 15 is 0 Å². The average Bonchev–Trinajstić information content (AvgIpc) is 2.62. The molecule has 2 aromatic rings. The fourth-order valence-corrected chi connectivity index (χ4v) is 3.04. The summed E-state index contributed by atoms with van der Waals surface area (Å²) < 4.78 is 0. The van der Waals surface area contributed by atoms with Crippen molar-refractivity contribution >= 4 is 11.8 Å². The van der Waals surface area contributed by atoms with Gasteiger partial charge in [0.25, 0.3) is 0 Å². The first-order chi connectivity index (χ1) is 11.7. The summed E-state index contributed by atoms with van der Waals surface area (Å²) in [5.74, 6) is 0.417. The van der Waals surface area contributed by atoms with Crippen molar-refractivity contribution in [3.05, 3.63) is 36.3 Å². The third-order valence-electron chi connectivity index (χ3n) is 4.29. The molecular formula is C18H22N4O2. The second kappa shape index (κ2) is 7.38. The molecule has 1 aliphatic heterocycles. The van der Waals surface area contributed by atoms with Crippen LogP contribution < -0.4 is 4.90 Å². The molecule has 1 unspecified atom stereocenters. The van der Waals surface area contributed by atoms with E-state index in [1.54, 1.807) is 12.4 Å². The maximum atomic E-state index is 11.3. The van der Waals surface area contributed by atoms with Crippen LogP contribution in [0.25, 0.3) is 11.4 Å². The molecule has 1 N–H and O–H groups in total. The van der Waals surface area contributed by atoms with Crippen LogP contribution in [0.15, 0.2) is 30.6 Å². The van der Waals surface area contributed by atoms with Gasteiger partial charge in [-0.15, -0.1) is 0 Å². The van der Waals surface area contributed by atoms with Crippen molar-refractivity contribution in [2.75, 3.05) is 18.0 Å². The Morgan fingerprint density at radius 3 is 3.00 bits per heavy atom. The summed E-state index contributed by atoms with van der Waals surface area (Å²) in [6, 6.07) is 5.80. The van der Waals surface area contributed by atoms with Crippen molar-refractivity contribution in [1.82, 2.24) is 15.0 Å². The van der Waals surface area contributed by atoms with E-state index in [1.807, 2.05) is 18.2 Å². The zero-order valence-electron chi connectivity index (χ0n) is 13.9. The number of pyridine rings is 1. The molecule has 3 rings (SSSR count). The molecule has 24 heavy (non-hydrogen) atoms. The number of carboxylic acids is 1. The van der Waals surface area contributed by atoms with Gasteiger partial charge in [0.2, 0.25) is 0 Å². The van der Waals surface area contributed by atoms with Crippen LogP contribution in [0.3, 0.4) is 0 Å². The Hall–Kier alpha value is -2.50. The van der Waals surface area contributed by atoms with E-state index in [4.69, 9.17) is 0 Å². The maximum absolute atomic E-state index is 11.3. The zero-order valence-corrected chi connectivity index (χ0v) is 13.9. The lowest BCUT2D eigenvalue weighted by atomic mass is 9.98. The predicted molar refractivity (Wildman–Crippen MR) is 91.8 cm³/mol. The van der Waals surface area contributed by atoms with Gasteiger partial charge in [0.15, 0.2) is 5.82 Å². The summed E-state index contributed by atoms with van der Waals surface area (Å²) in [6.07, 6.45) is 6.95. The number of hydrogen-bond donors (Lipinski definition) is 1. The van der Waals surface area contributed by atoms with Gasteiger partial charge in [-0.3, -0.25) is 9.78 Å². The number of aromatic nitrogens is 3. The monoisotopic (exact) mass is 326 g/mol. The first-order valence-electron chi connectivity index (χ1n) is 8.43. The van der Waals surface area contributed by atoms with Gasteiger partial charge in [0, 0.05) is 42.8 Å². The van der Waals surface area contributed by atoms with Gasteiger partial charge in [0.1, 0.15) is 5.82 Å². The van der Waals surface area contributed by atoms with Gasteiger partial charge in [-0.05, 0) is 31.4 Å². The fraction of sp³-hybridized carbons (Fsp3) is 0.444. The number of nitrogens with zero attached hydrogens (tertiary/aromatic N) is 4. The highest BCUT2D eigenvalue weighted by Crippen LogP contribution is 2.25. The highest BCUT2D eigenvalue weighted by Gasteiger charge is 2.26. The van der Waals surface area contributed by atoms with E-state index in [-0.39, 0.29) is 5.92 Å². The quantitative estimate of drug-likeness (QED) is 0.910. The molecule has 0 aromatic carbocycles. The van der Waals surface area contributed by atoms with E-state index in [0.717, 1.165) is 49.3 Å². The van der Waals surface area contributed by atoms with Gasteiger partial charge < -0.3 is 10.0 Å². The van der Waals surface area contributed by atoms with Crippen molar-refractivity contribution in [1.29, 1.82) is 0 Å². The molecule has 2 aromatic heterocycles. The fourth-order valence-electron chi connectivity index (χ4n) is 3.04. The summed E-state index contributed by atoms with van der Waals surface area (Å²) in [5.41, 5.74) is 1.86. The molecule has 1 fully saturated rings. The van der Waals surface area contributed by atoms with Crippen molar-refractivity contribution in [2.24, 2.45) is 5.92 Å². The number of aliphatic carboxylic acids is 1. The molecule has 0 radical (unpaired) electrons. The molecule has 0 aliphatic carbocycles. The van der Waals surface area contributed by atoms with Crippen LogP contribution >= 0.6 is 0 Å². The van der Waals surface area contributed by atoms with E-state index in [0.29, 0.717) is 12.4 Å². The number of hydrogen-bond acceptors (Lipinski definition) is 5. The Balaban J connectivity index is 1.94. The molecule has 0 bridgehead atoms. The zero-order chi connectivity index (χ0) is 16.9. The molecule has 1 saturated heterocycles. The van der Waals surface area contributed by atoms with E-state index in [2.05, 4.69) is 26.8 Å². The van der Waals surface area contributed by atoms with Crippen LogP contribution in [-0.2, 0) is 11.2 Å². The second-order valence-electron chi connectivity index (χ2n) is 6.16. The SMILES string of the molecule is CCCc1cc(N2CCCC(C(=O)O)C2)nc(-c2cccnc2)n1. The number of piperidine rings is 1. The Morgan fingerprint density at radius 1 is 1.42 bits per heavy atom. The van der Waals surface area contributed by atoms with Crippen LogP contribution in [0.1, 0.15) is 31.9 Å². The second-order valence-corrected chi connectivity index (χ2v) is 6.16. The van der Waals surface area contributed by atoms with Gasteiger partial charge in [-0.1, -0.05) is 13.3 Å². The van der Waals surface area contributed by atoms with E-state index < -0.39 is 5.97 Å². The number of anilines is 1. The standard InChI is InChI=1S/C18H22N4O2/c1-2-5-15-10-16(22-9-4-7-14(12-22)18(23)24)21-17(20-15)13-6-3-8-19-11-13/h3,6,8,10-11,14H,2,4-5,7,9,12H2,1H3,(H,23,24). The minimum atomic E-state index is -0.727. The van der Waals surface area contributed by atoms with Gasteiger partial charge in [-0.25, -0.2) is 9.97 Å². The third kappa shape index (κ3) is 3.69. The van der Waals surface area contributed by atoms with Crippen LogP contribution in [0, 0.1) is 5.92 Å². The van der Waals surface area contributed by atoms with Crippen LogP contribution in [0.4, 0.5) is 5.82 Å². The van der Waals surface area contributed by atoms with Crippen molar-refractivity contribution in [2.45, 2.75) is 32.6 Å². The molecule has 126 valence electrons. The number of aryl methyl sites for hydroxylation is 1. The largest absolute Gasteiger partial charge is 0.481 e. The van der Waals surface area contributed by atoms with Crippen molar-refractivity contribution in [3.63, 3.8) is 0 Å². The molecule has 0 spiro atoms. The van der Waals surface area contributed by atoms with Crippen LogP contribution in [0.2, 0.25) is 0 Å². The Morgan fingerprint density at radius 2 is 2.29 bits per heavy atom. The van der Waals surface area contributed by atoms with Gasteiger partial charge in [0.05, 0.1) is 5.92 Å². The number of carboxylic acid groups (broad SMARTS) is 1. The summed E-state index contributed by atoms with van der Waals surface area (Å²) >= 11 is 0. The number of rotatable bonds is 5. The average molecular weight is 326 g/mol. The maximum Gasteiger partial charge on any atom is 0.308 e. The molecule has 6 heteroatoms. The lowest BCUT2D eigenvalue weighted by Gasteiger charge is -2.32. The molecule has 0 amide bonds. The van der Waals surface area contributed by atoms with E-state index in [1.165, 1.54) is 0 Å².